The maximum Gasteiger partial charge on any atom is 0.358 e. The number of aromatic carboxylic acids is 1. The number of benzene rings is 2. The first-order valence-electron chi connectivity index (χ1n) is 11.6. The summed E-state index contributed by atoms with van der Waals surface area (Å²) in [5, 5.41) is 11.3. The minimum atomic E-state index is -1.15. The first-order valence-corrected chi connectivity index (χ1v) is 11.6. The number of aromatic nitrogens is 4. The van der Waals surface area contributed by atoms with Gasteiger partial charge < -0.3 is 9.84 Å². The van der Waals surface area contributed by atoms with Gasteiger partial charge in [-0.25, -0.2) is 14.6 Å². The number of rotatable bonds is 5. The van der Waals surface area contributed by atoms with Crippen molar-refractivity contribution in [3.63, 3.8) is 0 Å². The Morgan fingerprint density at radius 1 is 1.00 bits per heavy atom. The molecule has 0 amide bonds. The number of hydrogen-bond acceptors (Lipinski definition) is 5. The molecule has 0 unspecified atom stereocenters. The van der Waals surface area contributed by atoms with E-state index in [9.17, 15) is 14.7 Å². The summed E-state index contributed by atoms with van der Waals surface area (Å²) in [7, 11) is 5.03. The molecule has 182 valence electrons. The quantitative estimate of drug-likeness (QED) is 0.379. The zero-order chi connectivity index (χ0) is 25.7. The van der Waals surface area contributed by atoms with E-state index in [1.54, 1.807) is 22.2 Å². The van der Waals surface area contributed by atoms with Crippen molar-refractivity contribution >= 4 is 27.8 Å². The Kier molecular flexibility index (Phi) is 5.59. The summed E-state index contributed by atoms with van der Waals surface area (Å²) in [6.45, 7) is 4.26. The number of aryl methyl sites for hydroxylation is 2. The predicted molar refractivity (Wildman–Crippen MR) is 140 cm³/mol. The zero-order valence-corrected chi connectivity index (χ0v) is 20.7. The fourth-order valence-corrected chi connectivity index (χ4v) is 4.76. The van der Waals surface area contributed by atoms with Crippen LogP contribution in [0.1, 0.15) is 35.8 Å². The second-order valence-electron chi connectivity index (χ2n) is 9.16. The van der Waals surface area contributed by atoms with Gasteiger partial charge in [-0.15, -0.1) is 0 Å². The molecule has 0 aliphatic carbocycles. The van der Waals surface area contributed by atoms with Crippen LogP contribution >= 0.6 is 0 Å². The van der Waals surface area contributed by atoms with Gasteiger partial charge in [0.2, 0.25) is 0 Å². The zero-order valence-electron chi connectivity index (χ0n) is 20.7. The Morgan fingerprint density at radius 3 is 2.47 bits per heavy atom. The van der Waals surface area contributed by atoms with Crippen LogP contribution in [0.4, 0.5) is 0 Å². The average molecular weight is 483 g/mol. The van der Waals surface area contributed by atoms with Crippen LogP contribution < -0.4 is 10.4 Å². The molecule has 0 atom stereocenters. The fraction of sp³-hybridized carbons (Fsp3) is 0.214. The topological polar surface area (TPSA) is 99.2 Å². The van der Waals surface area contributed by atoms with E-state index >= 15 is 0 Å². The van der Waals surface area contributed by atoms with Crippen LogP contribution in [0.3, 0.4) is 0 Å². The molecule has 0 saturated carbocycles. The number of carboxylic acids is 1. The van der Waals surface area contributed by atoms with Crippen molar-refractivity contribution in [1.82, 2.24) is 19.1 Å². The van der Waals surface area contributed by atoms with E-state index in [4.69, 9.17) is 4.74 Å². The lowest BCUT2D eigenvalue weighted by atomic mass is 9.93. The summed E-state index contributed by atoms with van der Waals surface area (Å²) in [4.78, 5) is 32.8. The molecule has 3 aromatic heterocycles. The van der Waals surface area contributed by atoms with Crippen molar-refractivity contribution in [1.29, 1.82) is 0 Å². The molecule has 0 radical (unpaired) electrons. The van der Waals surface area contributed by atoms with Gasteiger partial charge in [0.25, 0.3) is 0 Å². The molecular formula is C28H26N4O4. The standard InChI is InChI=1S/C28H26N4O4/c1-15(2)20-9-17(11-23-26(20)32(4)28(35)31(23)3)19-8-6-7-16-10-22(29-14-21(16)19)18-12-24(36-5)25(27(33)34)30-13-18/h6-15H,1-5H3,(H,33,34). The van der Waals surface area contributed by atoms with E-state index in [0.29, 0.717) is 11.3 Å². The summed E-state index contributed by atoms with van der Waals surface area (Å²) in [5.74, 6) is -0.738. The first kappa shape index (κ1) is 23.3. The smallest absolute Gasteiger partial charge is 0.358 e. The van der Waals surface area contributed by atoms with Crippen molar-refractivity contribution < 1.29 is 14.6 Å². The van der Waals surface area contributed by atoms with Gasteiger partial charge in [0.1, 0.15) is 0 Å². The summed E-state index contributed by atoms with van der Waals surface area (Å²) >= 11 is 0. The Bertz CT molecular complexity index is 1730. The molecule has 3 heterocycles. The molecule has 2 aromatic carbocycles. The van der Waals surface area contributed by atoms with Crippen molar-refractivity contribution in [2.24, 2.45) is 14.1 Å². The van der Waals surface area contributed by atoms with Crippen LogP contribution in [0.5, 0.6) is 5.75 Å². The molecule has 0 aliphatic rings. The Labute approximate surface area is 207 Å². The van der Waals surface area contributed by atoms with E-state index < -0.39 is 5.97 Å². The van der Waals surface area contributed by atoms with E-state index in [0.717, 1.165) is 38.5 Å². The highest BCUT2D eigenvalue weighted by atomic mass is 16.5. The molecule has 36 heavy (non-hydrogen) atoms. The third-order valence-electron chi connectivity index (χ3n) is 6.66. The Balaban J connectivity index is 1.68. The molecular weight excluding hydrogens is 456 g/mol. The minimum Gasteiger partial charge on any atom is -0.494 e. The number of ether oxygens (including phenoxy) is 1. The van der Waals surface area contributed by atoms with E-state index in [-0.39, 0.29) is 23.1 Å². The molecule has 0 bridgehead atoms. The van der Waals surface area contributed by atoms with Crippen LogP contribution in [-0.2, 0) is 14.1 Å². The molecule has 5 rings (SSSR count). The van der Waals surface area contributed by atoms with Crippen molar-refractivity contribution in [2.75, 3.05) is 7.11 Å². The van der Waals surface area contributed by atoms with Crippen LogP contribution in [-0.4, -0.2) is 37.3 Å². The molecule has 8 heteroatoms. The highest BCUT2D eigenvalue weighted by Gasteiger charge is 2.18. The van der Waals surface area contributed by atoms with Gasteiger partial charge in [0.05, 0.1) is 23.8 Å². The highest BCUT2D eigenvalue weighted by molar-refractivity contribution is 6.00. The molecule has 0 saturated heterocycles. The number of nitrogens with zero attached hydrogens (tertiary/aromatic N) is 4. The molecule has 0 fully saturated rings. The van der Waals surface area contributed by atoms with Gasteiger partial charge in [-0.1, -0.05) is 32.0 Å². The number of imidazole rings is 1. The summed E-state index contributed by atoms with van der Waals surface area (Å²) < 4.78 is 8.62. The van der Waals surface area contributed by atoms with Gasteiger partial charge in [-0.05, 0) is 52.3 Å². The molecule has 5 aromatic rings. The number of carboxylic acid groups (broad SMARTS) is 1. The van der Waals surface area contributed by atoms with Gasteiger partial charge in [0, 0.05) is 37.4 Å². The maximum absolute atomic E-state index is 12.7. The van der Waals surface area contributed by atoms with E-state index in [2.05, 4.69) is 42.0 Å². The molecule has 1 N–H and O–H groups in total. The SMILES string of the molecule is COc1cc(-c2cc3cccc(-c4cc(C(C)C)c5c(c4)n(C)c(=O)n5C)c3cn2)cnc1C(=O)O. The first-order chi connectivity index (χ1) is 17.2. The van der Waals surface area contributed by atoms with Crippen LogP contribution in [0.2, 0.25) is 0 Å². The third kappa shape index (κ3) is 3.62. The Morgan fingerprint density at radius 2 is 1.78 bits per heavy atom. The number of methoxy groups -OCH3 is 1. The lowest BCUT2D eigenvalue weighted by Crippen LogP contribution is -2.19. The summed E-state index contributed by atoms with van der Waals surface area (Å²) in [6, 6.07) is 13.9. The third-order valence-corrected chi connectivity index (χ3v) is 6.66. The summed E-state index contributed by atoms with van der Waals surface area (Å²) in [5.41, 5.74) is 6.11. The monoisotopic (exact) mass is 482 g/mol. The summed E-state index contributed by atoms with van der Waals surface area (Å²) in [6.07, 6.45) is 3.31. The van der Waals surface area contributed by atoms with E-state index in [1.807, 2.05) is 31.4 Å². The highest BCUT2D eigenvalue weighted by Crippen LogP contribution is 2.35. The van der Waals surface area contributed by atoms with Gasteiger partial charge >= 0.3 is 11.7 Å². The number of carbonyl (C=O) groups is 1. The minimum absolute atomic E-state index is 0.0498. The largest absolute Gasteiger partial charge is 0.494 e. The lowest BCUT2D eigenvalue weighted by molar-refractivity contribution is 0.0686. The second-order valence-corrected chi connectivity index (χ2v) is 9.16. The number of hydrogen-bond donors (Lipinski definition) is 1. The molecule has 0 spiro atoms. The van der Waals surface area contributed by atoms with Crippen LogP contribution in [0.15, 0.2) is 59.7 Å². The normalized spacial score (nSPS) is 11.5. The Hall–Kier alpha value is -4.46. The van der Waals surface area contributed by atoms with Gasteiger partial charge in [-0.3, -0.25) is 14.1 Å². The van der Waals surface area contributed by atoms with Gasteiger partial charge in [-0.2, -0.15) is 0 Å². The average Bonchev–Trinajstić information content (AvgIpc) is 3.10. The van der Waals surface area contributed by atoms with Crippen LogP contribution in [0.25, 0.3) is 44.2 Å². The predicted octanol–water partition coefficient (Wildman–Crippen LogP) is 4.98. The van der Waals surface area contributed by atoms with Crippen molar-refractivity contribution in [3.8, 4) is 28.1 Å². The second kappa shape index (κ2) is 8.64. The number of pyridine rings is 2. The fourth-order valence-electron chi connectivity index (χ4n) is 4.76. The molecule has 0 aliphatic heterocycles. The molecule has 8 nitrogen and oxygen atoms in total. The van der Waals surface area contributed by atoms with Crippen molar-refractivity contribution in [2.45, 2.75) is 19.8 Å². The lowest BCUT2D eigenvalue weighted by Gasteiger charge is -2.14. The number of fused-ring (bicyclic) bond motifs is 2. The van der Waals surface area contributed by atoms with Crippen LogP contribution in [0, 0.1) is 0 Å². The van der Waals surface area contributed by atoms with Gasteiger partial charge in [0.15, 0.2) is 11.4 Å². The van der Waals surface area contributed by atoms with E-state index in [1.165, 1.54) is 13.3 Å². The maximum atomic E-state index is 12.7. The van der Waals surface area contributed by atoms with Crippen molar-refractivity contribution in [3.05, 3.63) is 76.6 Å².